The zero-order valence-corrected chi connectivity index (χ0v) is 14.4. The second-order valence-electron chi connectivity index (χ2n) is 4.11. The summed E-state index contributed by atoms with van der Waals surface area (Å²) < 4.78 is 7.89. The molecule has 0 aliphatic carbocycles. The van der Waals surface area contributed by atoms with E-state index in [1.165, 1.54) is 18.3 Å². The standard InChI is InChI=1S/C15H14I2O/c1-18-10-15(11-2-6-13(16)7-3-11)12-4-8-14(17)9-5-12/h2-9,15H,10H2,1H3. The Hall–Kier alpha value is -0.140. The zero-order chi connectivity index (χ0) is 13.0. The lowest BCUT2D eigenvalue weighted by Crippen LogP contribution is -2.08. The van der Waals surface area contributed by atoms with Gasteiger partial charge in [0, 0.05) is 20.2 Å². The third-order valence-corrected chi connectivity index (χ3v) is 4.32. The van der Waals surface area contributed by atoms with Crippen LogP contribution in [0.15, 0.2) is 48.5 Å². The largest absolute Gasteiger partial charge is 0.384 e. The first-order valence-corrected chi connectivity index (χ1v) is 7.86. The van der Waals surface area contributed by atoms with E-state index in [-0.39, 0.29) is 0 Å². The lowest BCUT2D eigenvalue weighted by atomic mass is 9.92. The molecule has 0 fully saturated rings. The summed E-state index contributed by atoms with van der Waals surface area (Å²) in [4.78, 5) is 0. The van der Waals surface area contributed by atoms with Crippen LogP contribution in [-0.4, -0.2) is 13.7 Å². The van der Waals surface area contributed by atoms with Gasteiger partial charge in [0.2, 0.25) is 0 Å². The van der Waals surface area contributed by atoms with Crippen LogP contribution in [-0.2, 0) is 4.74 Å². The van der Waals surface area contributed by atoms with Crippen molar-refractivity contribution in [2.45, 2.75) is 5.92 Å². The lowest BCUT2D eigenvalue weighted by molar-refractivity contribution is 0.189. The fraction of sp³-hybridized carbons (Fsp3) is 0.200. The van der Waals surface area contributed by atoms with E-state index in [0.29, 0.717) is 12.5 Å². The van der Waals surface area contributed by atoms with Gasteiger partial charge in [-0.15, -0.1) is 0 Å². The summed E-state index contributed by atoms with van der Waals surface area (Å²) in [6.45, 7) is 0.710. The van der Waals surface area contributed by atoms with Gasteiger partial charge in [0.15, 0.2) is 0 Å². The van der Waals surface area contributed by atoms with Gasteiger partial charge in [-0.3, -0.25) is 0 Å². The van der Waals surface area contributed by atoms with Crippen molar-refractivity contribution in [2.75, 3.05) is 13.7 Å². The van der Waals surface area contributed by atoms with E-state index in [0.717, 1.165) is 0 Å². The van der Waals surface area contributed by atoms with Gasteiger partial charge in [-0.25, -0.2) is 0 Å². The van der Waals surface area contributed by atoms with Crippen molar-refractivity contribution in [2.24, 2.45) is 0 Å². The van der Waals surface area contributed by atoms with Crippen LogP contribution in [0.1, 0.15) is 17.0 Å². The van der Waals surface area contributed by atoms with E-state index in [9.17, 15) is 0 Å². The Kier molecular flexibility index (Phi) is 5.44. The van der Waals surface area contributed by atoms with Crippen LogP contribution in [0.4, 0.5) is 0 Å². The predicted molar refractivity (Wildman–Crippen MR) is 92.0 cm³/mol. The molecule has 0 saturated heterocycles. The van der Waals surface area contributed by atoms with E-state index in [2.05, 4.69) is 93.7 Å². The quantitative estimate of drug-likeness (QED) is 0.598. The maximum absolute atomic E-state index is 5.37. The zero-order valence-electron chi connectivity index (χ0n) is 10.1. The Balaban J connectivity index is 2.33. The highest BCUT2D eigenvalue weighted by Gasteiger charge is 2.13. The monoisotopic (exact) mass is 464 g/mol. The molecule has 18 heavy (non-hydrogen) atoms. The maximum atomic E-state index is 5.37. The summed E-state index contributed by atoms with van der Waals surface area (Å²) in [5.41, 5.74) is 2.61. The Morgan fingerprint density at radius 1 is 0.833 bits per heavy atom. The summed E-state index contributed by atoms with van der Waals surface area (Å²) in [5, 5.41) is 0. The third kappa shape index (κ3) is 3.68. The van der Waals surface area contributed by atoms with Gasteiger partial charge >= 0.3 is 0 Å². The molecule has 0 atom stereocenters. The molecule has 94 valence electrons. The van der Waals surface area contributed by atoms with Gasteiger partial charge in [-0.05, 0) is 80.6 Å². The number of hydrogen-bond acceptors (Lipinski definition) is 1. The van der Waals surface area contributed by atoms with Crippen LogP contribution in [0.5, 0.6) is 0 Å². The van der Waals surface area contributed by atoms with Crippen molar-refractivity contribution < 1.29 is 4.74 Å². The van der Waals surface area contributed by atoms with Crippen molar-refractivity contribution >= 4 is 45.2 Å². The van der Waals surface area contributed by atoms with Gasteiger partial charge in [0.1, 0.15) is 0 Å². The molecule has 0 bridgehead atoms. The number of rotatable bonds is 4. The van der Waals surface area contributed by atoms with E-state index in [1.807, 2.05) is 0 Å². The Labute approximate surface area is 135 Å². The molecule has 0 heterocycles. The van der Waals surface area contributed by atoms with Gasteiger partial charge in [-0.1, -0.05) is 24.3 Å². The topological polar surface area (TPSA) is 9.23 Å². The minimum absolute atomic E-state index is 0.309. The van der Waals surface area contributed by atoms with E-state index in [4.69, 9.17) is 4.74 Å². The summed E-state index contributed by atoms with van der Waals surface area (Å²) in [5.74, 6) is 0.309. The molecule has 0 saturated carbocycles. The van der Waals surface area contributed by atoms with Crippen LogP contribution in [0.2, 0.25) is 0 Å². The smallest absolute Gasteiger partial charge is 0.0571 e. The first-order chi connectivity index (χ1) is 8.70. The van der Waals surface area contributed by atoms with Crippen molar-refractivity contribution in [3.8, 4) is 0 Å². The second-order valence-corrected chi connectivity index (χ2v) is 6.60. The molecule has 2 aromatic carbocycles. The molecule has 0 amide bonds. The van der Waals surface area contributed by atoms with Crippen LogP contribution in [0.25, 0.3) is 0 Å². The molecule has 2 rings (SSSR count). The maximum Gasteiger partial charge on any atom is 0.0571 e. The molecular formula is C15H14I2O. The predicted octanol–water partition coefficient (Wildman–Crippen LogP) is 4.67. The second kappa shape index (κ2) is 6.86. The van der Waals surface area contributed by atoms with Crippen LogP contribution in [0, 0.1) is 7.14 Å². The highest BCUT2D eigenvalue weighted by molar-refractivity contribution is 14.1. The molecule has 0 unspecified atom stereocenters. The Bertz CT molecular complexity index is 445. The first kappa shape index (κ1) is 14.3. The highest BCUT2D eigenvalue weighted by atomic mass is 127. The average molecular weight is 464 g/mol. The minimum Gasteiger partial charge on any atom is -0.384 e. The number of methoxy groups -OCH3 is 1. The summed E-state index contributed by atoms with van der Waals surface area (Å²) >= 11 is 4.66. The average Bonchev–Trinajstić information content (AvgIpc) is 2.39. The van der Waals surface area contributed by atoms with Crippen LogP contribution >= 0.6 is 45.2 Å². The van der Waals surface area contributed by atoms with Crippen molar-refractivity contribution in [1.29, 1.82) is 0 Å². The Morgan fingerprint density at radius 3 is 1.56 bits per heavy atom. The molecule has 0 aromatic heterocycles. The normalized spacial score (nSPS) is 10.9. The fourth-order valence-electron chi connectivity index (χ4n) is 1.94. The van der Waals surface area contributed by atoms with Gasteiger partial charge in [0.25, 0.3) is 0 Å². The van der Waals surface area contributed by atoms with Crippen LogP contribution in [0.3, 0.4) is 0 Å². The molecule has 1 nitrogen and oxygen atoms in total. The molecule has 3 heteroatoms. The van der Waals surface area contributed by atoms with Crippen molar-refractivity contribution in [3.05, 3.63) is 66.8 Å². The minimum atomic E-state index is 0.309. The van der Waals surface area contributed by atoms with E-state index < -0.39 is 0 Å². The first-order valence-electron chi connectivity index (χ1n) is 5.70. The summed E-state index contributed by atoms with van der Waals surface area (Å²) in [6, 6.07) is 17.3. The molecule has 2 aromatic rings. The summed E-state index contributed by atoms with van der Waals surface area (Å²) in [6.07, 6.45) is 0. The molecule has 0 aliphatic heterocycles. The fourth-order valence-corrected chi connectivity index (χ4v) is 2.66. The Morgan fingerprint density at radius 2 is 1.22 bits per heavy atom. The van der Waals surface area contributed by atoms with E-state index in [1.54, 1.807) is 7.11 Å². The number of ether oxygens (including phenoxy) is 1. The molecular weight excluding hydrogens is 450 g/mol. The van der Waals surface area contributed by atoms with Gasteiger partial charge in [-0.2, -0.15) is 0 Å². The van der Waals surface area contributed by atoms with Crippen molar-refractivity contribution in [3.63, 3.8) is 0 Å². The molecule has 0 N–H and O–H groups in total. The number of halogens is 2. The molecule has 0 spiro atoms. The van der Waals surface area contributed by atoms with Crippen LogP contribution < -0.4 is 0 Å². The molecule has 0 radical (unpaired) electrons. The summed E-state index contributed by atoms with van der Waals surface area (Å²) in [7, 11) is 1.76. The van der Waals surface area contributed by atoms with Crippen molar-refractivity contribution in [1.82, 2.24) is 0 Å². The van der Waals surface area contributed by atoms with Gasteiger partial charge in [0.05, 0.1) is 6.61 Å². The lowest BCUT2D eigenvalue weighted by Gasteiger charge is -2.17. The highest BCUT2D eigenvalue weighted by Crippen LogP contribution is 2.26. The SMILES string of the molecule is COCC(c1ccc(I)cc1)c1ccc(I)cc1. The van der Waals surface area contributed by atoms with E-state index >= 15 is 0 Å². The third-order valence-electron chi connectivity index (χ3n) is 2.88. The molecule has 0 aliphatic rings. The van der Waals surface area contributed by atoms with Gasteiger partial charge < -0.3 is 4.74 Å². The number of benzene rings is 2. The number of hydrogen-bond donors (Lipinski definition) is 0.